The fourth-order valence-corrected chi connectivity index (χ4v) is 2.66. The second-order valence-electron chi connectivity index (χ2n) is 6.30. The molecule has 0 spiro atoms. The number of morpholine rings is 1. The van der Waals surface area contributed by atoms with Gasteiger partial charge in [-0.15, -0.1) is 0 Å². The van der Waals surface area contributed by atoms with Crippen molar-refractivity contribution in [2.75, 3.05) is 26.2 Å². The molecule has 0 aliphatic carbocycles. The SMILES string of the molecule is C[C@@H]1CN(C(=O)NCCNC(=O)c2cccnc2)CC(C)(C)O1. The second-order valence-corrected chi connectivity index (χ2v) is 6.30. The molecule has 2 N–H and O–H groups in total. The lowest BCUT2D eigenvalue weighted by atomic mass is 10.1. The number of hydrogen-bond acceptors (Lipinski definition) is 4. The van der Waals surface area contributed by atoms with Crippen LogP contribution in [0.15, 0.2) is 24.5 Å². The highest BCUT2D eigenvalue weighted by Crippen LogP contribution is 2.20. The molecule has 3 amide bonds. The Bertz CT molecular complexity index is 548. The number of amides is 3. The number of urea groups is 1. The van der Waals surface area contributed by atoms with E-state index >= 15 is 0 Å². The monoisotopic (exact) mass is 320 g/mol. The molecule has 126 valence electrons. The van der Waals surface area contributed by atoms with Gasteiger partial charge in [-0.1, -0.05) is 0 Å². The number of pyridine rings is 1. The van der Waals surface area contributed by atoms with Crippen molar-refractivity contribution in [3.63, 3.8) is 0 Å². The number of carbonyl (C=O) groups is 2. The molecule has 0 aromatic carbocycles. The molecule has 2 heterocycles. The Balaban J connectivity index is 1.72. The van der Waals surface area contributed by atoms with Crippen molar-refractivity contribution in [2.45, 2.75) is 32.5 Å². The van der Waals surface area contributed by atoms with Crippen LogP contribution in [0.2, 0.25) is 0 Å². The van der Waals surface area contributed by atoms with Gasteiger partial charge in [-0.2, -0.15) is 0 Å². The molecule has 1 fully saturated rings. The van der Waals surface area contributed by atoms with E-state index in [2.05, 4.69) is 15.6 Å². The highest BCUT2D eigenvalue weighted by molar-refractivity contribution is 5.93. The number of carbonyl (C=O) groups excluding carboxylic acids is 2. The van der Waals surface area contributed by atoms with Crippen molar-refractivity contribution in [1.29, 1.82) is 0 Å². The molecule has 1 aliphatic rings. The van der Waals surface area contributed by atoms with Gasteiger partial charge in [0.2, 0.25) is 0 Å². The Morgan fingerprint density at radius 2 is 2.13 bits per heavy atom. The molecule has 0 bridgehead atoms. The summed E-state index contributed by atoms with van der Waals surface area (Å²) in [6.07, 6.45) is 3.13. The third-order valence-corrected chi connectivity index (χ3v) is 3.47. The highest BCUT2D eigenvalue weighted by atomic mass is 16.5. The van der Waals surface area contributed by atoms with E-state index in [9.17, 15) is 9.59 Å². The van der Waals surface area contributed by atoms with Crippen molar-refractivity contribution in [3.8, 4) is 0 Å². The van der Waals surface area contributed by atoms with Crippen molar-refractivity contribution < 1.29 is 14.3 Å². The van der Waals surface area contributed by atoms with Gasteiger partial charge < -0.3 is 20.3 Å². The van der Waals surface area contributed by atoms with Crippen molar-refractivity contribution in [2.24, 2.45) is 0 Å². The molecular formula is C16H24N4O3. The first kappa shape index (κ1) is 17.2. The molecule has 2 rings (SSSR count). The van der Waals surface area contributed by atoms with Crippen LogP contribution in [0.25, 0.3) is 0 Å². The van der Waals surface area contributed by atoms with Gasteiger partial charge in [0.1, 0.15) is 0 Å². The fraction of sp³-hybridized carbons (Fsp3) is 0.562. The van der Waals surface area contributed by atoms with Crippen LogP contribution >= 0.6 is 0 Å². The number of ether oxygens (including phenoxy) is 1. The van der Waals surface area contributed by atoms with Gasteiger partial charge >= 0.3 is 6.03 Å². The summed E-state index contributed by atoms with van der Waals surface area (Å²) < 4.78 is 5.78. The lowest BCUT2D eigenvalue weighted by Crippen LogP contribution is -2.56. The maximum absolute atomic E-state index is 12.2. The maximum atomic E-state index is 12.2. The van der Waals surface area contributed by atoms with Crippen LogP contribution < -0.4 is 10.6 Å². The van der Waals surface area contributed by atoms with Crippen LogP contribution in [0, 0.1) is 0 Å². The minimum absolute atomic E-state index is 0.00906. The summed E-state index contributed by atoms with van der Waals surface area (Å²) in [5.41, 5.74) is 0.159. The molecule has 7 nitrogen and oxygen atoms in total. The molecule has 1 aliphatic heterocycles. The van der Waals surface area contributed by atoms with E-state index in [1.165, 1.54) is 6.20 Å². The standard InChI is InChI=1S/C16H24N4O3/c1-12-10-20(11-16(2,3)23-12)15(22)19-8-7-18-14(21)13-5-4-6-17-9-13/h4-6,9,12H,7-8,10-11H2,1-3H3,(H,18,21)(H,19,22)/t12-/m1/s1. The minimum Gasteiger partial charge on any atom is -0.369 e. The number of nitrogens with zero attached hydrogens (tertiary/aromatic N) is 2. The molecule has 1 atom stereocenters. The van der Waals surface area contributed by atoms with Gasteiger partial charge in [0.15, 0.2) is 0 Å². The average Bonchev–Trinajstić information content (AvgIpc) is 2.50. The topological polar surface area (TPSA) is 83.6 Å². The van der Waals surface area contributed by atoms with E-state index in [0.717, 1.165) is 0 Å². The molecule has 0 saturated carbocycles. The van der Waals surface area contributed by atoms with Gasteiger partial charge in [-0.3, -0.25) is 9.78 Å². The molecule has 1 saturated heterocycles. The number of hydrogen-bond donors (Lipinski definition) is 2. The Morgan fingerprint density at radius 3 is 2.78 bits per heavy atom. The van der Waals surface area contributed by atoms with Gasteiger partial charge in [0.25, 0.3) is 5.91 Å². The summed E-state index contributed by atoms with van der Waals surface area (Å²) in [4.78, 5) is 29.7. The first-order chi connectivity index (χ1) is 10.9. The van der Waals surface area contributed by atoms with E-state index in [1.807, 2.05) is 20.8 Å². The van der Waals surface area contributed by atoms with Gasteiger partial charge in [0.05, 0.1) is 23.8 Å². The summed E-state index contributed by atoms with van der Waals surface area (Å²) in [6, 6.07) is 3.26. The Hall–Kier alpha value is -2.15. The van der Waals surface area contributed by atoms with Gasteiger partial charge in [0, 0.05) is 32.0 Å². The fourth-order valence-electron chi connectivity index (χ4n) is 2.66. The lowest BCUT2D eigenvalue weighted by Gasteiger charge is -2.41. The maximum Gasteiger partial charge on any atom is 0.317 e. The zero-order valence-electron chi connectivity index (χ0n) is 13.8. The first-order valence-corrected chi connectivity index (χ1v) is 7.76. The van der Waals surface area contributed by atoms with E-state index < -0.39 is 0 Å². The van der Waals surface area contributed by atoms with Crippen LogP contribution in [0.4, 0.5) is 4.79 Å². The third-order valence-electron chi connectivity index (χ3n) is 3.47. The van der Waals surface area contributed by atoms with Crippen LogP contribution in [0.5, 0.6) is 0 Å². The normalized spacial score (nSPS) is 20.0. The number of nitrogens with one attached hydrogen (secondary N) is 2. The van der Waals surface area contributed by atoms with Crippen LogP contribution in [-0.4, -0.2) is 59.7 Å². The predicted octanol–water partition coefficient (Wildman–Crippen LogP) is 1.02. The third kappa shape index (κ3) is 5.21. The summed E-state index contributed by atoms with van der Waals surface area (Å²) in [7, 11) is 0. The Kier molecular flexibility index (Phi) is 5.54. The zero-order chi connectivity index (χ0) is 16.9. The summed E-state index contributed by atoms with van der Waals surface area (Å²) >= 11 is 0. The smallest absolute Gasteiger partial charge is 0.317 e. The van der Waals surface area contributed by atoms with E-state index in [1.54, 1.807) is 23.2 Å². The predicted molar refractivity (Wildman–Crippen MR) is 86.2 cm³/mol. The minimum atomic E-state index is -0.344. The molecule has 23 heavy (non-hydrogen) atoms. The van der Waals surface area contributed by atoms with Crippen LogP contribution in [-0.2, 0) is 4.74 Å². The van der Waals surface area contributed by atoms with E-state index in [-0.39, 0.29) is 23.6 Å². The summed E-state index contributed by atoms with van der Waals surface area (Å²) in [5.74, 6) is -0.200. The number of aromatic nitrogens is 1. The van der Waals surface area contributed by atoms with E-state index in [4.69, 9.17) is 4.74 Å². The molecule has 7 heteroatoms. The van der Waals surface area contributed by atoms with Crippen molar-refractivity contribution in [3.05, 3.63) is 30.1 Å². The summed E-state index contributed by atoms with van der Waals surface area (Å²) in [5, 5.41) is 5.56. The highest BCUT2D eigenvalue weighted by Gasteiger charge is 2.33. The second kappa shape index (κ2) is 7.41. The molecule has 1 aromatic rings. The Labute approximate surface area is 136 Å². The lowest BCUT2D eigenvalue weighted by molar-refractivity contribution is -0.117. The Morgan fingerprint density at radius 1 is 1.39 bits per heavy atom. The van der Waals surface area contributed by atoms with Gasteiger partial charge in [-0.25, -0.2) is 4.79 Å². The van der Waals surface area contributed by atoms with Crippen LogP contribution in [0.3, 0.4) is 0 Å². The van der Waals surface area contributed by atoms with Crippen LogP contribution in [0.1, 0.15) is 31.1 Å². The molecule has 1 aromatic heterocycles. The molecule has 0 unspecified atom stereocenters. The molecule has 0 radical (unpaired) electrons. The van der Waals surface area contributed by atoms with E-state index in [0.29, 0.717) is 31.7 Å². The van der Waals surface area contributed by atoms with Crippen molar-refractivity contribution >= 4 is 11.9 Å². The number of rotatable bonds is 4. The first-order valence-electron chi connectivity index (χ1n) is 7.76. The summed E-state index contributed by atoms with van der Waals surface area (Å²) in [6.45, 7) is 7.74. The van der Waals surface area contributed by atoms with Gasteiger partial charge in [-0.05, 0) is 32.9 Å². The largest absolute Gasteiger partial charge is 0.369 e. The molecular weight excluding hydrogens is 296 g/mol. The zero-order valence-corrected chi connectivity index (χ0v) is 13.8. The van der Waals surface area contributed by atoms with Crippen molar-refractivity contribution in [1.82, 2.24) is 20.5 Å². The quantitative estimate of drug-likeness (QED) is 0.811. The average molecular weight is 320 g/mol.